The average molecular weight is 291 g/mol. The summed E-state index contributed by atoms with van der Waals surface area (Å²) in [6, 6.07) is 4.82. The summed E-state index contributed by atoms with van der Waals surface area (Å²) in [5.41, 5.74) is 0.372. The molecule has 114 valence electrons. The van der Waals surface area contributed by atoms with Crippen LogP contribution >= 0.6 is 0 Å². The number of aryl methyl sites for hydroxylation is 1. The van der Waals surface area contributed by atoms with E-state index in [0.717, 1.165) is 24.8 Å². The molecular weight excluding hydrogens is 270 g/mol. The molecule has 0 atom stereocenters. The zero-order valence-corrected chi connectivity index (χ0v) is 12.2. The van der Waals surface area contributed by atoms with Gasteiger partial charge in [0, 0.05) is 0 Å². The Morgan fingerprint density at radius 2 is 1.90 bits per heavy atom. The fraction of sp³-hybridized carbons (Fsp3) is 0.500. The number of nitrogens with one attached hydrogen (secondary N) is 1. The minimum absolute atomic E-state index is 0.0781. The summed E-state index contributed by atoms with van der Waals surface area (Å²) in [6.45, 7) is 1.84. The molecule has 1 fully saturated rings. The maximum Gasteiger partial charge on any atom is 0.305 e. The van der Waals surface area contributed by atoms with Crippen molar-refractivity contribution in [1.82, 2.24) is 5.32 Å². The van der Waals surface area contributed by atoms with Crippen molar-refractivity contribution >= 4 is 11.9 Å². The number of aromatic hydroxyl groups is 1. The van der Waals surface area contributed by atoms with Crippen molar-refractivity contribution in [3.63, 3.8) is 0 Å². The Hall–Kier alpha value is -2.04. The summed E-state index contributed by atoms with van der Waals surface area (Å²) in [4.78, 5) is 23.5. The van der Waals surface area contributed by atoms with Gasteiger partial charge in [0.15, 0.2) is 0 Å². The number of carboxylic acid groups (broad SMARTS) is 1. The normalized spacial score (nSPS) is 17.2. The van der Waals surface area contributed by atoms with Gasteiger partial charge in [0.25, 0.3) is 5.91 Å². The van der Waals surface area contributed by atoms with E-state index in [1.807, 2.05) is 6.92 Å². The highest BCUT2D eigenvalue weighted by Gasteiger charge is 2.36. The zero-order valence-electron chi connectivity index (χ0n) is 12.2. The number of amides is 1. The van der Waals surface area contributed by atoms with Gasteiger partial charge in [-0.2, -0.15) is 0 Å². The fourth-order valence-corrected chi connectivity index (χ4v) is 3.00. The Balaban J connectivity index is 2.21. The molecule has 1 saturated carbocycles. The number of hydrogen-bond acceptors (Lipinski definition) is 3. The first-order valence-corrected chi connectivity index (χ1v) is 7.26. The van der Waals surface area contributed by atoms with Crippen molar-refractivity contribution in [2.24, 2.45) is 0 Å². The predicted octanol–water partition coefficient (Wildman–Crippen LogP) is 2.61. The van der Waals surface area contributed by atoms with Crippen molar-refractivity contribution in [3.8, 4) is 5.75 Å². The number of carbonyl (C=O) groups is 2. The van der Waals surface area contributed by atoms with E-state index in [1.54, 1.807) is 12.1 Å². The number of phenolic OH excluding ortho intramolecular Hbond substituents is 1. The summed E-state index contributed by atoms with van der Waals surface area (Å²) in [5, 5.41) is 21.8. The monoisotopic (exact) mass is 291 g/mol. The highest BCUT2D eigenvalue weighted by molar-refractivity contribution is 5.97. The zero-order chi connectivity index (χ0) is 15.5. The topological polar surface area (TPSA) is 86.6 Å². The molecule has 2 rings (SSSR count). The lowest BCUT2D eigenvalue weighted by atomic mass is 9.79. The molecule has 0 aliphatic heterocycles. The second-order valence-corrected chi connectivity index (χ2v) is 5.89. The molecule has 3 N–H and O–H groups in total. The van der Waals surface area contributed by atoms with Crippen LogP contribution in [0.5, 0.6) is 5.75 Å². The van der Waals surface area contributed by atoms with Gasteiger partial charge in [0.05, 0.1) is 17.5 Å². The minimum Gasteiger partial charge on any atom is -0.507 e. The molecule has 21 heavy (non-hydrogen) atoms. The summed E-state index contributed by atoms with van der Waals surface area (Å²) in [5.74, 6) is -1.40. The SMILES string of the molecule is Cc1ccc(O)c(C(=O)NC2(CC(=O)O)CCCCC2)c1. The molecule has 1 aliphatic carbocycles. The molecule has 1 aromatic rings. The number of aliphatic carboxylic acids is 1. The van der Waals surface area contributed by atoms with Gasteiger partial charge in [-0.3, -0.25) is 9.59 Å². The lowest BCUT2D eigenvalue weighted by Crippen LogP contribution is -2.51. The van der Waals surface area contributed by atoms with Crippen LogP contribution in [0.1, 0.15) is 54.4 Å². The highest BCUT2D eigenvalue weighted by Crippen LogP contribution is 2.32. The van der Waals surface area contributed by atoms with Crippen LogP contribution in [0.15, 0.2) is 18.2 Å². The third-order valence-electron chi connectivity index (χ3n) is 4.08. The fourth-order valence-electron chi connectivity index (χ4n) is 3.00. The molecule has 0 spiro atoms. The molecule has 1 aliphatic rings. The standard InChI is InChI=1S/C16H21NO4/c1-11-5-6-13(18)12(9-11)15(21)17-16(10-14(19)20)7-3-2-4-8-16/h5-6,9,18H,2-4,7-8,10H2,1H3,(H,17,21)(H,19,20). The molecule has 0 aromatic heterocycles. The van der Waals surface area contributed by atoms with Gasteiger partial charge in [-0.25, -0.2) is 0 Å². The largest absolute Gasteiger partial charge is 0.507 e. The summed E-state index contributed by atoms with van der Waals surface area (Å²) in [7, 11) is 0. The second-order valence-electron chi connectivity index (χ2n) is 5.89. The van der Waals surface area contributed by atoms with Crippen molar-refractivity contribution < 1.29 is 19.8 Å². The van der Waals surface area contributed by atoms with E-state index in [9.17, 15) is 14.7 Å². The number of rotatable bonds is 4. The Labute approximate surface area is 124 Å². The molecule has 0 heterocycles. The van der Waals surface area contributed by atoms with Crippen LogP contribution in [-0.2, 0) is 4.79 Å². The van der Waals surface area contributed by atoms with Gasteiger partial charge in [0.1, 0.15) is 5.75 Å². The van der Waals surface area contributed by atoms with Crippen molar-refractivity contribution in [3.05, 3.63) is 29.3 Å². The number of benzene rings is 1. The number of hydrogen-bond donors (Lipinski definition) is 3. The minimum atomic E-state index is -0.911. The predicted molar refractivity (Wildman–Crippen MR) is 78.4 cm³/mol. The van der Waals surface area contributed by atoms with E-state index in [0.29, 0.717) is 12.8 Å². The third-order valence-corrected chi connectivity index (χ3v) is 4.08. The van der Waals surface area contributed by atoms with Gasteiger partial charge >= 0.3 is 5.97 Å². The third kappa shape index (κ3) is 3.74. The van der Waals surface area contributed by atoms with Gasteiger partial charge in [0.2, 0.25) is 0 Å². The number of carboxylic acids is 1. The van der Waals surface area contributed by atoms with Gasteiger partial charge in [-0.1, -0.05) is 30.9 Å². The Kier molecular flexibility index (Phi) is 4.50. The van der Waals surface area contributed by atoms with Crippen LogP contribution in [0.25, 0.3) is 0 Å². The van der Waals surface area contributed by atoms with E-state index < -0.39 is 17.4 Å². The summed E-state index contributed by atoms with van der Waals surface area (Å²) in [6.07, 6.45) is 4.13. The van der Waals surface area contributed by atoms with Gasteiger partial charge < -0.3 is 15.5 Å². The quantitative estimate of drug-likeness (QED) is 0.796. The molecule has 5 nitrogen and oxygen atoms in total. The van der Waals surface area contributed by atoms with Crippen LogP contribution in [0.4, 0.5) is 0 Å². The van der Waals surface area contributed by atoms with E-state index in [2.05, 4.69) is 5.32 Å². The van der Waals surface area contributed by atoms with Crippen LogP contribution in [0.2, 0.25) is 0 Å². The first-order chi connectivity index (χ1) is 9.92. The van der Waals surface area contributed by atoms with Crippen molar-refractivity contribution in [2.45, 2.75) is 51.0 Å². The summed E-state index contributed by atoms with van der Waals surface area (Å²) < 4.78 is 0. The van der Waals surface area contributed by atoms with Crippen molar-refractivity contribution in [2.75, 3.05) is 0 Å². The van der Waals surface area contributed by atoms with Crippen LogP contribution < -0.4 is 5.32 Å². The van der Waals surface area contributed by atoms with Crippen molar-refractivity contribution in [1.29, 1.82) is 0 Å². The van der Waals surface area contributed by atoms with Crippen LogP contribution in [0.3, 0.4) is 0 Å². The number of phenols is 1. The maximum atomic E-state index is 12.4. The van der Waals surface area contributed by atoms with E-state index in [4.69, 9.17) is 5.11 Å². The molecule has 0 bridgehead atoms. The smallest absolute Gasteiger partial charge is 0.305 e. The lowest BCUT2D eigenvalue weighted by Gasteiger charge is -2.37. The van der Waals surface area contributed by atoms with Crippen LogP contribution in [0, 0.1) is 6.92 Å². The van der Waals surface area contributed by atoms with E-state index >= 15 is 0 Å². The van der Waals surface area contributed by atoms with E-state index in [1.165, 1.54) is 6.07 Å². The first kappa shape index (κ1) is 15.4. The average Bonchev–Trinajstić information content (AvgIpc) is 2.41. The Bertz CT molecular complexity index is 547. The van der Waals surface area contributed by atoms with Gasteiger partial charge in [-0.15, -0.1) is 0 Å². The molecule has 0 radical (unpaired) electrons. The van der Waals surface area contributed by atoms with E-state index in [-0.39, 0.29) is 17.7 Å². The highest BCUT2D eigenvalue weighted by atomic mass is 16.4. The Morgan fingerprint density at radius 3 is 2.52 bits per heavy atom. The first-order valence-electron chi connectivity index (χ1n) is 7.26. The second kappa shape index (κ2) is 6.16. The van der Waals surface area contributed by atoms with Crippen LogP contribution in [-0.4, -0.2) is 27.6 Å². The molecular formula is C16H21NO4. The molecule has 5 heteroatoms. The summed E-state index contributed by atoms with van der Waals surface area (Å²) >= 11 is 0. The number of carbonyl (C=O) groups excluding carboxylic acids is 1. The maximum absolute atomic E-state index is 12.4. The molecule has 0 saturated heterocycles. The van der Waals surface area contributed by atoms with Gasteiger partial charge in [-0.05, 0) is 31.9 Å². The Morgan fingerprint density at radius 1 is 1.24 bits per heavy atom. The molecule has 1 amide bonds. The molecule has 1 aromatic carbocycles. The molecule has 0 unspecified atom stereocenters. The lowest BCUT2D eigenvalue weighted by molar-refractivity contribution is -0.139.